The Morgan fingerprint density at radius 2 is 1.90 bits per heavy atom. The second-order valence-corrected chi connectivity index (χ2v) is 5.89. The Morgan fingerprint density at radius 3 is 2.52 bits per heavy atom. The van der Waals surface area contributed by atoms with Crippen LogP contribution in [0, 0.1) is 5.92 Å². The number of hydrogen-bond donors (Lipinski definition) is 3. The summed E-state index contributed by atoms with van der Waals surface area (Å²) < 4.78 is 0. The molecule has 1 saturated carbocycles. The molecule has 0 radical (unpaired) electrons. The maximum absolute atomic E-state index is 12.4. The van der Waals surface area contributed by atoms with Crippen molar-refractivity contribution in [3.63, 3.8) is 0 Å². The van der Waals surface area contributed by atoms with Crippen molar-refractivity contribution in [3.05, 3.63) is 0 Å². The topological polar surface area (TPSA) is 98.7 Å². The highest BCUT2D eigenvalue weighted by atomic mass is 16.4. The van der Waals surface area contributed by atoms with Crippen LogP contribution in [0.1, 0.15) is 39.0 Å². The molecule has 7 heteroatoms. The first-order valence-electron chi connectivity index (χ1n) is 7.49. The Bertz CT molecular complexity index is 440. The first-order chi connectivity index (χ1) is 9.95. The molecular weight excluding hydrogens is 274 g/mol. The first-order valence-corrected chi connectivity index (χ1v) is 7.49. The monoisotopic (exact) mass is 297 g/mol. The van der Waals surface area contributed by atoms with Crippen molar-refractivity contribution in [2.24, 2.45) is 5.92 Å². The predicted octanol–water partition coefficient (Wildman–Crippen LogP) is 0.548. The van der Waals surface area contributed by atoms with Gasteiger partial charge in [0, 0.05) is 13.1 Å². The lowest BCUT2D eigenvalue weighted by atomic mass is 9.85. The zero-order chi connectivity index (χ0) is 15.6. The van der Waals surface area contributed by atoms with Crippen LogP contribution in [0.5, 0.6) is 0 Å². The van der Waals surface area contributed by atoms with Crippen molar-refractivity contribution >= 4 is 17.9 Å². The highest BCUT2D eigenvalue weighted by Gasteiger charge is 2.47. The van der Waals surface area contributed by atoms with Crippen molar-refractivity contribution in [2.45, 2.75) is 57.2 Å². The zero-order valence-corrected chi connectivity index (χ0v) is 12.5. The number of carboxylic acid groups (broad SMARTS) is 1. The number of fused-ring (bicyclic) bond motifs is 1. The molecule has 118 valence electrons. The van der Waals surface area contributed by atoms with E-state index in [2.05, 4.69) is 10.6 Å². The number of likely N-dealkylation sites (N-methyl/N-ethyl adjacent to an activating group) is 1. The first kappa shape index (κ1) is 15.6. The van der Waals surface area contributed by atoms with Gasteiger partial charge in [-0.3, -0.25) is 4.79 Å². The van der Waals surface area contributed by atoms with Gasteiger partial charge in [-0.05, 0) is 32.1 Å². The Hall–Kier alpha value is -1.79. The van der Waals surface area contributed by atoms with Crippen molar-refractivity contribution in [1.29, 1.82) is 0 Å². The van der Waals surface area contributed by atoms with Crippen LogP contribution in [0.4, 0.5) is 4.79 Å². The third-order valence-electron chi connectivity index (χ3n) is 4.59. The molecule has 2 aliphatic rings. The summed E-state index contributed by atoms with van der Waals surface area (Å²) in [6.45, 7) is 1.58. The number of amides is 3. The quantitative estimate of drug-likeness (QED) is 0.708. The predicted molar refractivity (Wildman–Crippen MR) is 75.7 cm³/mol. The van der Waals surface area contributed by atoms with Gasteiger partial charge in [0.1, 0.15) is 12.1 Å². The van der Waals surface area contributed by atoms with E-state index < -0.39 is 24.1 Å². The summed E-state index contributed by atoms with van der Waals surface area (Å²) in [6, 6.07) is -1.93. The van der Waals surface area contributed by atoms with Gasteiger partial charge in [-0.2, -0.15) is 0 Å². The summed E-state index contributed by atoms with van der Waals surface area (Å²) >= 11 is 0. The highest BCUT2D eigenvalue weighted by molar-refractivity contribution is 5.89. The minimum Gasteiger partial charge on any atom is -0.480 e. The van der Waals surface area contributed by atoms with E-state index in [-0.39, 0.29) is 17.9 Å². The van der Waals surface area contributed by atoms with Crippen molar-refractivity contribution in [1.82, 2.24) is 15.5 Å². The van der Waals surface area contributed by atoms with E-state index >= 15 is 0 Å². The van der Waals surface area contributed by atoms with E-state index in [9.17, 15) is 19.5 Å². The van der Waals surface area contributed by atoms with Crippen molar-refractivity contribution in [3.8, 4) is 0 Å². The zero-order valence-electron chi connectivity index (χ0n) is 12.5. The van der Waals surface area contributed by atoms with Gasteiger partial charge in [0.05, 0.1) is 0 Å². The smallest absolute Gasteiger partial charge is 0.326 e. The molecule has 21 heavy (non-hydrogen) atoms. The molecule has 7 nitrogen and oxygen atoms in total. The van der Waals surface area contributed by atoms with Crippen LogP contribution in [0.15, 0.2) is 0 Å². The molecular formula is C14H23N3O4. The molecule has 0 bridgehead atoms. The van der Waals surface area contributed by atoms with E-state index in [1.54, 1.807) is 6.92 Å². The molecule has 4 unspecified atom stereocenters. The molecule has 3 N–H and O–H groups in total. The molecule has 2 rings (SSSR count). The normalized spacial score (nSPS) is 29.4. The maximum Gasteiger partial charge on any atom is 0.326 e. The van der Waals surface area contributed by atoms with Gasteiger partial charge >= 0.3 is 12.0 Å². The summed E-state index contributed by atoms with van der Waals surface area (Å²) in [4.78, 5) is 36.8. The molecule has 1 saturated heterocycles. The number of nitrogens with zero attached hydrogens (tertiary/aromatic N) is 1. The lowest BCUT2D eigenvalue weighted by Gasteiger charge is -2.33. The van der Waals surface area contributed by atoms with Crippen LogP contribution in [-0.4, -0.2) is 53.1 Å². The third kappa shape index (κ3) is 3.11. The number of rotatable bonds is 3. The van der Waals surface area contributed by atoms with Crippen molar-refractivity contribution < 1.29 is 19.5 Å². The molecule has 4 atom stereocenters. The molecule has 0 aromatic carbocycles. The largest absolute Gasteiger partial charge is 0.480 e. The number of nitrogens with one attached hydrogen (secondary N) is 2. The van der Waals surface area contributed by atoms with Crippen LogP contribution >= 0.6 is 0 Å². The molecule has 2 fully saturated rings. The lowest BCUT2D eigenvalue weighted by molar-refractivity contribution is -0.141. The number of likely N-dealkylation sites (tertiary alicyclic amines) is 1. The Labute approximate surface area is 124 Å². The van der Waals surface area contributed by atoms with E-state index in [1.807, 2.05) is 0 Å². The number of carboxylic acids is 1. The molecule has 0 aromatic rings. The number of aliphatic carboxylic acids is 1. The van der Waals surface area contributed by atoms with Gasteiger partial charge in [0.2, 0.25) is 5.91 Å². The van der Waals surface area contributed by atoms with Crippen LogP contribution in [0.25, 0.3) is 0 Å². The van der Waals surface area contributed by atoms with E-state index in [0.29, 0.717) is 6.42 Å². The fourth-order valence-electron chi connectivity index (χ4n) is 3.51. The summed E-state index contributed by atoms with van der Waals surface area (Å²) in [5.74, 6) is -0.998. The Balaban J connectivity index is 2.11. The van der Waals surface area contributed by atoms with Gasteiger partial charge in [-0.1, -0.05) is 12.8 Å². The third-order valence-corrected chi connectivity index (χ3v) is 4.59. The summed E-state index contributed by atoms with van der Waals surface area (Å²) in [6.07, 6.45) is 4.45. The average Bonchev–Trinajstić information content (AvgIpc) is 2.85. The number of urea groups is 1. The minimum atomic E-state index is -0.966. The van der Waals surface area contributed by atoms with Crippen molar-refractivity contribution in [2.75, 3.05) is 7.05 Å². The van der Waals surface area contributed by atoms with E-state index in [0.717, 1.165) is 25.7 Å². The van der Waals surface area contributed by atoms with E-state index in [1.165, 1.54) is 11.9 Å². The van der Waals surface area contributed by atoms with Gasteiger partial charge in [-0.25, -0.2) is 9.59 Å². The molecule has 0 aromatic heterocycles. The van der Waals surface area contributed by atoms with Crippen LogP contribution in [0.2, 0.25) is 0 Å². The Morgan fingerprint density at radius 1 is 1.24 bits per heavy atom. The number of carbonyl (C=O) groups excluding carboxylic acids is 2. The molecule has 1 heterocycles. The van der Waals surface area contributed by atoms with Gasteiger partial charge < -0.3 is 20.6 Å². The molecule has 3 amide bonds. The number of hydrogen-bond acceptors (Lipinski definition) is 3. The van der Waals surface area contributed by atoms with Gasteiger partial charge in [-0.15, -0.1) is 0 Å². The summed E-state index contributed by atoms with van der Waals surface area (Å²) in [5, 5.41) is 14.4. The lowest BCUT2D eigenvalue weighted by Crippen LogP contribution is -2.54. The molecule has 1 aliphatic heterocycles. The van der Waals surface area contributed by atoms with E-state index in [4.69, 9.17) is 0 Å². The SMILES string of the molecule is CNC(=O)C(C)NC(=O)N1C(C(=O)O)CC2CCCCC21. The highest BCUT2D eigenvalue weighted by Crippen LogP contribution is 2.39. The van der Waals surface area contributed by atoms with Crippen LogP contribution in [0.3, 0.4) is 0 Å². The summed E-state index contributed by atoms with van der Waals surface area (Å²) in [7, 11) is 1.50. The maximum atomic E-state index is 12.4. The second-order valence-electron chi connectivity index (χ2n) is 5.89. The summed E-state index contributed by atoms with van der Waals surface area (Å²) in [5.41, 5.74) is 0. The second kappa shape index (κ2) is 6.32. The van der Waals surface area contributed by atoms with Gasteiger partial charge in [0.25, 0.3) is 0 Å². The standard InChI is InChI=1S/C14H23N3O4/c1-8(12(18)15-2)16-14(21)17-10-6-4-3-5-9(10)7-11(17)13(19)20/h8-11H,3-7H2,1-2H3,(H,15,18)(H,16,21)(H,19,20). The van der Waals surface area contributed by atoms with Crippen LogP contribution in [-0.2, 0) is 9.59 Å². The Kier molecular flexibility index (Phi) is 4.69. The van der Waals surface area contributed by atoms with Crippen LogP contribution < -0.4 is 10.6 Å². The fourth-order valence-corrected chi connectivity index (χ4v) is 3.51. The fraction of sp³-hybridized carbons (Fsp3) is 0.786. The minimum absolute atomic E-state index is 0.0169. The molecule has 0 spiro atoms. The average molecular weight is 297 g/mol. The molecule has 1 aliphatic carbocycles. The number of carbonyl (C=O) groups is 3. The van der Waals surface area contributed by atoms with Gasteiger partial charge in [0.15, 0.2) is 0 Å².